The Bertz CT molecular complexity index is 1260. The summed E-state index contributed by atoms with van der Waals surface area (Å²) >= 11 is 2.85. The molecule has 0 fully saturated rings. The Balaban J connectivity index is 1.13. The molecule has 1 aliphatic rings. The Morgan fingerprint density at radius 3 is 2.82 bits per heavy atom. The predicted molar refractivity (Wildman–Crippen MR) is 125 cm³/mol. The zero-order valence-electron chi connectivity index (χ0n) is 17.7. The number of anilines is 1. The van der Waals surface area contributed by atoms with Crippen LogP contribution in [0.15, 0.2) is 63.6 Å². The van der Waals surface area contributed by atoms with Gasteiger partial charge < -0.3 is 19.2 Å². The van der Waals surface area contributed by atoms with Crippen molar-refractivity contribution in [1.82, 2.24) is 15.2 Å². The Morgan fingerprint density at radius 1 is 1.15 bits per heavy atom. The lowest BCUT2D eigenvalue weighted by atomic mass is 10.2. The van der Waals surface area contributed by atoms with Crippen LogP contribution in [0.4, 0.5) is 5.69 Å². The fourth-order valence-corrected chi connectivity index (χ4v) is 4.72. The van der Waals surface area contributed by atoms with E-state index in [1.165, 1.54) is 23.1 Å². The monoisotopic (exact) mass is 480 g/mol. The van der Waals surface area contributed by atoms with Gasteiger partial charge in [-0.15, -0.1) is 21.5 Å². The number of thiazole rings is 1. The zero-order chi connectivity index (χ0) is 22.6. The molecule has 3 heterocycles. The molecule has 33 heavy (non-hydrogen) atoms. The number of ether oxygens (including phenoxy) is 2. The van der Waals surface area contributed by atoms with Crippen molar-refractivity contribution in [2.24, 2.45) is 0 Å². The molecule has 0 radical (unpaired) electrons. The predicted octanol–water partition coefficient (Wildman–Crippen LogP) is 4.82. The van der Waals surface area contributed by atoms with Gasteiger partial charge in [0.2, 0.25) is 12.0 Å². The number of rotatable bonds is 7. The highest BCUT2D eigenvalue weighted by atomic mass is 32.2. The van der Waals surface area contributed by atoms with Crippen LogP contribution in [-0.2, 0) is 17.0 Å². The molecular formula is C23H20N4O4S2. The third-order valence-corrected chi connectivity index (χ3v) is 6.55. The molecule has 5 rings (SSSR count). The van der Waals surface area contributed by atoms with E-state index in [9.17, 15) is 4.79 Å². The molecule has 0 spiro atoms. The zero-order valence-corrected chi connectivity index (χ0v) is 19.3. The summed E-state index contributed by atoms with van der Waals surface area (Å²) in [6.07, 6.45) is -0.214. The second-order valence-corrected chi connectivity index (χ2v) is 9.25. The maximum atomic E-state index is 12.3. The van der Waals surface area contributed by atoms with E-state index in [0.717, 1.165) is 22.0 Å². The summed E-state index contributed by atoms with van der Waals surface area (Å²) in [5.74, 6) is 2.20. The maximum absolute atomic E-state index is 12.3. The van der Waals surface area contributed by atoms with Crippen LogP contribution in [0.1, 0.15) is 28.3 Å². The van der Waals surface area contributed by atoms with Gasteiger partial charge in [-0.2, -0.15) is 0 Å². The van der Waals surface area contributed by atoms with E-state index >= 15 is 0 Å². The molecular weight excluding hydrogens is 460 g/mol. The van der Waals surface area contributed by atoms with Crippen molar-refractivity contribution >= 4 is 34.7 Å². The molecule has 0 saturated heterocycles. The van der Waals surface area contributed by atoms with Gasteiger partial charge in [0, 0.05) is 16.8 Å². The summed E-state index contributed by atoms with van der Waals surface area (Å²) in [5, 5.41) is 14.2. The quantitative estimate of drug-likeness (QED) is 0.376. The summed E-state index contributed by atoms with van der Waals surface area (Å²) in [7, 11) is 0. The highest BCUT2D eigenvalue weighted by Gasteiger charge is 2.27. The van der Waals surface area contributed by atoms with Crippen LogP contribution < -0.4 is 14.8 Å². The van der Waals surface area contributed by atoms with Gasteiger partial charge in [0.25, 0.3) is 11.1 Å². The number of aromatic nitrogens is 3. The normalized spacial score (nSPS) is 14.8. The van der Waals surface area contributed by atoms with E-state index in [2.05, 4.69) is 20.5 Å². The fraction of sp³-hybridized carbons (Fsp3) is 0.217. The van der Waals surface area contributed by atoms with Gasteiger partial charge in [0.1, 0.15) is 11.6 Å². The van der Waals surface area contributed by atoms with E-state index in [1.807, 2.05) is 60.8 Å². The Morgan fingerprint density at radius 2 is 1.97 bits per heavy atom. The van der Waals surface area contributed by atoms with Crippen molar-refractivity contribution in [3.05, 3.63) is 76.1 Å². The summed E-state index contributed by atoms with van der Waals surface area (Å²) in [6.45, 7) is 2.32. The number of amides is 1. The number of carbonyl (C=O) groups is 1. The Kier molecular flexibility index (Phi) is 6.27. The molecule has 1 N–H and O–H groups in total. The van der Waals surface area contributed by atoms with Gasteiger partial charge in [-0.1, -0.05) is 41.6 Å². The van der Waals surface area contributed by atoms with Crippen LogP contribution in [0, 0.1) is 6.92 Å². The number of thioether (sulfide) groups is 1. The molecule has 4 aromatic rings. The van der Waals surface area contributed by atoms with Crippen molar-refractivity contribution in [3.63, 3.8) is 0 Å². The van der Waals surface area contributed by atoms with E-state index in [-0.39, 0.29) is 12.3 Å². The molecule has 2 aromatic carbocycles. The number of carbonyl (C=O) groups excluding carboxylic acids is 1. The van der Waals surface area contributed by atoms with Gasteiger partial charge in [0.05, 0.1) is 12.1 Å². The first kappa shape index (κ1) is 21.5. The molecule has 1 aliphatic heterocycles. The van der Waals surface area contributed by atoms with Gasteiger partial charge in [0.15, 0.2) is 11.5 Å². The number of hydrogen-bond donors (Lipinski definition) is 1. The lowest BCUT2D eigenvalue weighted by Crippen LogP contribution is -2.21. The van der Waals surface area contributed by atoms with Gasteiger partial charge in [-0.3, -0.25) is 4.79 Å². The molecule has 0 saturated carbocycles. The van der Waals surface area contributed by atoms with Gasteiger partial charge in [-0.05, 0) is 31.2 Å². The number of nitrogens with one attached hydrogen (secondary N) is 1. The van der Waals surface area contributed by atoms with Crippen LogP contribution >= 0.6 is 23.1 Å². The molecule has 1 atom stereocenters. The first-order chi connectivity index (χ1) is 16.1. The van der Waals surface area contributed by atoms with Crippen molar-refractivity contribution in [2.75, 3.05) is 11.9 Å². The van der Waals surface area contributed by atoms with E-state index in [0.29, 0.717) is 35.0 Å². The molecule has 10 heteroatoms. The van der Waals surface area contributed by atoms with Crippen LogP contribution in [0.3, 0.4) is 0 Å². The summed E-state index contributed by atoms with van der Waals surface area (Å²) in [6, 6.07) is 15.2. The van der Waals surface area contributed by atoms with Crippen molar-refractivity contribution < 1.29 is 18.7 Å². The third kappa shape index (κ3) is 5.35. The van der Waals surface area contributed by atoms with Crippen LogP contribution in [-0.4, -0.2) is 27.7 Å². The molecule has 0 bridgehead atoms. The van der Waals surface area contributed by atoms with E-state index in [4.69, 9.17) is 13.9 Å². The van der Waals surface area contributed by atoms with E-state index < -0.39 is 6.10 Å². The van der Waals surface area contributed by atoms with Crippen LogP contribution in [0.5, 0.6) is 11.5 Å². The summed E-state index contributed by atoms with van der Waals surface area (Å²) in [4.78, 5) is 16.8. The summed E-state index contributed by atoms with van der Waals surface area (Å²) in [5.41, 5.74) is 2.78. The number of hydrogen-bond acceptors (Lipinski definition) is 9. The van der Waals surface area contributed by atoms with Gasteiger partial charge >= 0.3 is 0 Å². The number of para-hydroxylation sites is 2. The summed E-state index contributed by atoms with van der Waals surface area (Å²) < 4.78 is 17.4. The highest BCUT2D eigenvalue weighted by Crippen LogP contribution is 2.36. The van der Waals surface area contributed by atoms with Crippen LogP contribution in [0.25, 0.3) is 0 Å². The first-order valence-corrected chi connectivity index (χ1v) is 12.1. The molecule has 168 valence electrons. The number of benzene rings is 2. The van der Waals surface area contributed by atoms with Crippen molar-refractivity contribution in [2.45, 2.75) is 30.4 Å². The second kappa shape index (κ2) is 9.63. The van der Waals surface area contributed by atoms with Crippen molar-refractivity contribution in [1.29, 1.82) is 0 Å². The minimum absolute atomic E-state index is 0.0924. The third-order valence-electron chi connectivity index (χ3n) is 4.80. The fourth-order valence-electron chi connectivity index (χ4n) is 3.16. The minimum atomic E-state index is -0.445. The lowest BCUT2D eigenvalue weighted by molar-refractivity contribution is -0.115. The number of aryl methyl sites for hydroxylation is 1. The van der Waals surface area contributed by atoms with Crippen LogP contribution in [0.2, 0.25) is 0 Å². The number of fused-ring (bicyclic) bond motifs is 1. The topological polar surface area (TPSA) is 99.4 Å². The second-order valence-electron chi connectivity index (χ2n) is 7.38. The standard InChI is InChI=1S/C23H20N4O4S2/c1-14-6-8-15(9-7-14)24-20(28)10-21-25-16(12-32-21)13-33-23-27-26-22(31-23)19-11-29-17-4-2-3-5-18(17)30-19/h2-9,12,19H,10-11,13H2,1H3,(H,24,28)/t19-/m0/s1. The molecule has 0 aliphatic carbocycles. The Labute approximate surface area is 198 Å². The molecule has 1 amide bonds. The minimum Gasteiger partial charge on any atom is -0.485 e. The molecule has 8 nitrogen and oxygen atoms in total. The molecule has 0 unspecified atom stereocenters. The average molecular weight is 481 g/mol. The van der Waals surface area contributed by atoms with E-state index in [1.54, 1.807) is 0 Å². The first-order valence-electron chi connectivity index (χ1n) is 10.3. The van der Waals surface area contributed by atoms with Crippen molar-refractivity contribution in [3.8, 4) is 11.5 Å². The van der Waals surface area contributed by atoms with Gasteiger partial charge in [-0.25, -0.2) is 4.98 Å². The maximum Gasteiger partial charge on any atom is 0.277 e. The highest BCUT2D eigenvalue weighted by molar-refractivity contribution is 7.98. The number of nitrogens with zero attached hydrogens (tertiary/aromatic N) is 3. The average Bonchev–Trinajstić information content (AvgIpc) is 3.48. The molecule has 2 aromatic heterocycles. The largest absolute Gasteiger partial charge is 0.485 e. The smallest absolute Gasteiger partial charge is 0.277 e. The SMILES string of the molecule is Cc1ccc(NC(=O)Cc2nc(CSc3nnc([C@@H]4COc5ccccc5O4)o3)cs2)cc1. The Hall–Kier alpha value is -3.37. The lowest BCUT2D eigenvalue weighted by Gasteiger charge is -2.23.